The molecule has 0 aromatic heterocycles. The summed E-state index contributed by atoms with van der Waals surface area (Å²) in [5.74, 6) is 5.13. The van der Waals surface area contributed by atoms with Gasteiger partial charge in [0.2, 0.25) is 0 Å². The molecule has 4 aliphatic heterocycles. The van der Waals surface area contributed by atoms with Crippen LogP contribution in [0.15, 0.2) is 0 Å². The smallest absolute Gasteiger partial charge is 0.151 e. The first-order valence-electron chi connectivity index (χ1n) is 16.2. The van der Waals surface area contributed by atoms with Crippen LogP contribution in [-0.2, 0) is 39.3 Å². The molecule has 0 aromatic carbocycles. The molecule has 8 nitrogen and oxygen atoms in total. The van der Waals surface area contributed by atoms with Gasteiger partial charge in [0, 0.05) is 0 Å². The Kier molecular flexibility index (Phi) is 13.8. The van der Waals surface area contributed by atoms with Crippen molar-refractivity contribution < 1.29 is 33.7 Å². The van der Waals surface area contributed by atoms with Crippen LogP contribution in [0.2, 0.25) is 0 Å². The van der Waals surface area contributed by atoms with Crippen molar-refractivity contribution in [3.05, 3.63) is 0 Å². The van der Waals surface area contributed by atoms with E-state index < -0.39 is 39.3 Å². The van der Waals surface area contributed by atoms with Crippen LogP contribution in [0, 0.1) is 45.3 Å². The number of sulfone groups is 4. The van der Waals surface area contributed by atoms with Crippen LogP contribution in [0.25, 0.3) is 0 Å². The second-order valence-corrected chi connectivity index (χ2v) is 25.3. The van der Waals surface area contributed by atoms with Gasteiger partial charge in [-0.1, -0.05) is 83.1 Å². The summed E-state index contributed by atoms with van der Waals surface area (Å²) in [6.45, 7) is 25.3. The summed E-state index contributed by atoms with van der Waals surface area (Å²) in [5, 5.41) is 0. The molecule has 0 saturated carbocycles. The van der Waals surface area contributed by atoms with Gasteiger partial charge in [0.15, 0.2) is 29.5 Å². The van der Waals surface area contributed by atoms with Gasteiger partial charge in [-0.05, 0) is 71.0 Å². The van der Waals surface area contributed by atoms with Gasteiger partial charge in [-0.3, -0.25) is 0 Å². The van der Waals surface area contributed by atoms with Crippen molar-refractivity contribution in [3.8, 4) is 0 Å². The Morgan fingerprint density at radius 1 is 0.341 bits per heavy atom. The summed E-state index contributed by atoms with van der Waals surface area (Å²) in [7, 11) is -10.7. The first-order valence-corrected chi connectivity index (χ1v) is 23.5. The third-order valence-electron chi connectivity index (χ3n) is 11.7. The zero-order valence-electron chi connectivity index (χ0n) is 29.7. The van der Waals surface area contributed by atoms with Crippen LogP contribution in [0.3, 0.4) is 0 Å². The maximum Gasteiger partial charge on any atom is 0.151 e. The van der Waals surface area contributed by atoms with E-state index in [1.165, 1.54) is 0 Å². The minimum absolute atomic E-state index is 0.0405. The van der Waals surface area contributed by atoms with Gasteiger partial charge >= 0.3 is 0 Å². The predicted molar refractivity (Wildman–Crippen MR) is 185 cm³/mol. The average molecular weight is 705 g/mol. The van der Waals surface area contributed by atoms with Crippen molar-refractivity contribution >= 4 is 39.3 Å². The second kappa shape index (κ2) is 14.5. The Balaban J connectivity index is 0.000000294. The van der Waals surface area contributed by atoms with Gasteiger partial charge in [-0.25, -0.2) is 33.7 Å². The molecule has 44 heavy (non-hydrogen) atoms. The van der Waals surface area contributed by atoms with Gasteiger partial charge in [0.1, 0.15) is 9.84 Å². The molecule has 0 bridgehead atoms. The molecule has 0 spiro atoms. The standard InChI is InChI=1S/C9H18O2S.2C8H16O2S.C7H14O2S/c1-8(2)9(3)4-6-12(10,11)7-5-9;2*1-7(2)8(3)4-5-11(9,10)6-8;1-6(2)7(3)4-10(8,9)5-7/h8H,4-7H2,1-3H3;2*7H,4-6H2,1-3H3;6H,4-5H2,1-3H3/t;2*8-;/m.00./s1. The van der Waals surface area contributed by atoms with E-state index >= 15 is 0 Å². The molecular weight excluding hydrogens is 641 g/mol. The largest absolute Gasteiger partial charge is 0.229 e. The first-order chi connectivity index (χ1) is 19.4. The maximum atomic E-state index is 11.2. The summed E-state index contributed by atoms with van der Waals surface area (Å²) >= 11 is 0. The molecule has 0 aromatic rings. The number of hydrogen-bond donors (Lipinski definition) is 0. The zero-order chi connectivity index (χ0) is 34.8. The second-order valence-electron chi connectivity index (χ2n) is 16.6. The van der Waals surface area contributed by atoms with E-state index in [1.54, 1.807) is 0 Å². The highest BCUT2D eigenvalue weighted by atomic mass is 32.2. The molecule has 0 aliphatic carbocycles. The quantitative estimate of drug-likeness (QED) is 0.355. The zero-order valence-corrected chi connectivity index (χ0v) is 33.0. The highest BCUT2D eigenvalue weighted by Gasteiger charge is 2.46. The normalized spacial score (nSPS) is 32.0. The molecule has 4 rings (SSSR count). The van der Waals surface area contributed by atoms with E-state index in [1.807, 2.05) is 6.92 Å². The Bertz CT molecular complexity index is 1310. The molecule has 264 valence electrons. The minimum atomic E-state index is -2.70. The highest BCUT2D eigenvalue weighted by Crippen LogP contribution is 2.41. The van der Waals surface area contributed by atoms with Gasteiger partial charge in [-0.2, -0.15) is 0 Å². The fraction of sp³-hybridized carbons (Fsp3) is 1.00. The molecule has 0 radical (unpaired) electrons. The number of hydrogen-bond acceptors (Lipinski definition) is 8. The molecular formula is C32H64O8S4. The van der Waals surface area contributed by atoms with E-state index in [0.717, 1.165) is 25.7 Å². The third kappa shape index (κ3) is 12.1. The van der Waals surface area contributed by atoms with Crippen LogP contribution in [0.4, 0.5) is 0 Å². The highest BCUT2D eigenvalue weighted by molar-refractivity contribution is 7.93. The fourth-order valence-electron chi connectivity index (χ4n) is 5.86. The Hall–Kier alpha value is -0.200. The summed E-state index contributed by atoms with van der Waals surface area (Å²) < 4.78 is 88.5. The van der Waals surface area contributed by atoms with Gasteiger partial charge < -0.3 is 0 Å². The maximum absolute atomic E-state index is 11.2. The van der Waals surface area contributed by atoms with E-state index in [9.17, 15) is 33.7 Å². The van der Waals surface area contributed by atoms with E-state index in [4.69, 9.17) is 0 Å². The molecule has 0 unspecified atom stereocenters. The minimum Gasteiger partial charge on any atom is -0.229 e. The monoisotopic (exact) mass is 704 g/mol. The lowest BCUT2D eigenvalue weighted by atomic mass is 9.74. The molecule has 0 amide bonds. The SMILES string of the molecule is CC(C)C1(C)CCS(=O)(=O)CC1.CC(C)C1(C)CS(=O)(=O)C1.CC(C)[C@@]1(C)CCS(=O)(=O)C1.CC(C)[C@@]1(C)CCS(=O)(=O)C1. The third-order valence-corrected chi connectivity index (χ3v) is 19.4. The Morgan fingerprint density at radius 3 is 0.727 bits per heavy atom. The van der Waals surface area contributed by atoms with Crippen molar-refractivity contribution in [1.82, 2.24) is 0 Å². The van der Waals surface area contributed by atoms with Crippen molar-refractivity contribution in [2.75, 3.05) is 46.0 Å². The van der Waals surface area contributed by atoms with Crippen LogP contribution >= 0.6 is 0 Å². The lowest BCUT2D eigenvalue weighted by Crippen LogP contribution is -2.49. The summed E-state index contributed by atoms with van der Waals surface area (Å²) in [6.07, 6.45) is 3.36. The van der Waals surface area contributed by atoms with Crippen LogP contribution in [0.1, 0.15) is 109 Å². The van der Waals surface area contributed by atoms with Gasteiger partial charge in [0.25, 0.3) is 0 Å². The van der Waals surface area contributed by atoms with Crippen LogP contribution < -0.4 is 0 Å². The molecule has 0 N–H and O–H groups in total. The van der Waals surface area contributed by atoms with Crippen molar-refractivity contribution in [2.45, 2.75) is 109 Å². The van der Waals surface area contributed by atoms with Gasteiger partial charge in [0.05, 0.1) is 46.0 Å². The van der Waals surface area contributed by atoms with E-state index in [0.29, 0.717) is 69.7 Å². The molecule has 4 heterocycles. The van der Waals surface area contributed by atoms with Gasteiger partial charge in [-0.15, -0.1) is 0 Å². The van der Waals surface area contributed by atoms with Crippen molar-refractivity contribution in [1.29, 1.82) is 0 Å². The van der Waals surface area contributed by atoms with E-state index in [-0.39, 0.29) is 21.7 Å². The summed E-state index contributed by atoms with van der Waals surface area (Å²) in [4.78, 5) is 0. The topological polar surface area (TPSA) is 137 Å². The average Bonchev–Trinajstić information content (AvgIpc) is 3.30. The van der Waals surface area contributed by atoms with E-state index in [2.05, 4.69) is 76.2 Å². The fourth-order valence-corrected chi connectivity index (χ4v) is 15.0. The number of rotatable bonds is 4. The molecule has 4 aliphatic rings. The molecule has 2 atom stereocenters. The van der Waals surface area contributed by atoms with Crippen molar-refractivity contribution in [3.63, 3.8) is 0 Å². The molecule has 4 saturated heterocycles. The van der Waals surface area contributed by atoms with Crippen LogP contribution in [-0.4, -0.2) is 79.7 Å². The predicted octanol–water partition coefficient (Wildman–Crippen LogP) is 5.87. The lowest BCUT2D eigenvalue weighted by molar-refractivity contribution is 0.195. The Morgan fingerprint density at radius 2 is 0.568 bits per heavy atom. The summed E-state index contributed by atoms with van der Waals surface area (Å²) in [5.41, 5.74) is 0.405. The van der Waals surface area contributed by atoms with Crippen LogP contribution in [0.5, 0.6) is 0 Å². The lowest BCUT2D eigenvalue weighted by Gasteiger charge is -2.41. The first kappa shape index (κ1) is 41.8. The van der Waals surface area contributed by atoms with Crippen molar-refractivity contribution in [2.24, 2.45) is 45.3 Å². The molecule has 12 heteroatoms. The molecule has 4 fully saturated rings. The Labute approximate surface area is 272 Å². The summed E-state index contributed by atoms with van der Waals surface area (Å²) in [6, 6.07) is 0.